The van der Waals surface area contributed by atoms with Crippen LogP contribution >= 0.6 is 0 Å². The first-order valence-corrected chi connectivity index (χ1v) is 8.06. The fourth-order valence-electron chi connectivity index (χ4n) is 3.32. The van der Waals surface area contributed by atoms with Gasteiger partial charge in [-0.05, 0) is 32.1 Å². The average Bonchev–Trinajstić information content (AvgIpc) is 2.95. The zero-order chi connectivity index (χ0) is 12.8. The Hall–Kier alpha value is -0.880. The maximum atomic E-state index is 12.6. The lowest BCUT2D eigenvalue weighted by Crippen LogP contribution is -2.39. The van der Waals surface area contributed by atoms with Gasteiger partial charge in [0.25, 0.3) is 10.0 Å². The second-order valence-electron chi connectivity index (χ2n) is 5.35. The van der Waals surface area contributed by atoms with E-state index >= 15 is 0 Å². The third kappa shape index (κ3) is 1.87. The third-order valence-corrected chi connectivity index (χ3v) is 6.06. The van der Waals surface area contributed by atoms with E-state index in [4.69, 9.17) is 0 Å². The number of fused-ring (bicyclic) bond motifs is 1. The topological polar surface area (TPSA) is 66.1 Å². The highest BCUT2D eigenvalue weighted by Gasteiger charge is 2.42. The number of hydrogen-bond donors (Lipinski definition) is 1. The molecule has 1 N–H and O–H groups in total. The number of rotatable bonds is 2. The number of nitrogens with zero attached hydrogens (tertiary/aromatic N) is 2. The molecular formula is C12H19N3O2S. The molecular weight excluding hydrogens is 250 g/mol. The van der Waals surface area contributed by atoms with Gasteiger partial charge in [0, 0.05) is 12.6 Å². The molecule has 0 radical (unpaired) electrons. The molecule has 1 saturated carbocycles. The van der Waals surface area contributed by atoms with Crippen molar-refractivity contribution in [3.8, 4) is 0 Å². The molecule has 1 aliphatic heterocycles. The van der Waals surface area contributed by atoms with Crippen LogP contribution in [0.3, 0.4) is 0 Å². The maximum Gasteiger partial charge on any atom is 0.260 e. The van der Waals surface area contributed by atoms with Gasteiger partial charge in [0.2, 0.25) is 0 Å². The van der Waals surface area contributed by atoms with E-state index in [9.17, 15) is 8.42 Å². The predicted octanol–water partition coefficient (Wildman–Crippen LogP) is 1.67. The van der Waals surface area contributed by atoms with Crippen molar-refractivity contribution in [1.29, 1.82) is 0 Å². The summed E-state index contributed by atoms with van der Waals surface area (Å²) >= 11 is 0. The number of sulfonamides is 1. The summed E-state index contributed by atoms with van der Waals surface area (Å²) in [7, 11) is -3.37. The van der Waals surface area contributed by atoms with Crippen LogP contribution in [0.25, 0.3) is 0 Å². The zero-order valence-corrected chi connectivity index (χ0v) is 11.4. The molecule has 2 unspecified atom stereocenters. The first-order valence-electron chi connectivity index (χ1n) is 6.62. The van der Waals surface area contributed by atoms with Crippen molar-refractivity contribution in [2.45, 2.75) is 50.1 Å². The highest BCUT2D eigenvalue weighted by atomic mass is 32.2. The summed E-state index contributed by atoms with van der Waals surface area (Å²) in [4.78, 5) is 6.84. The van der Waals surface area contributed by atoms with Gasteiger partial charge in [0.05, 0.1) is 6.20 Å². The van der Waals surface area contributed by atoms with Gasteiger partial charge >= 0.3 is 0 Å². The molecule has 6 heteroatoms. The van der Waals surface area contributed by atoms with Gasteiger partial charge in [0.15, 0.2) is 5.03 Å². The summed E-state index contributed by atoms with van der Waals surface area (Å²) in [6, 6.07) is 0.215. The Bertz CT molecular complexity index is 537. The minimum absolute atomic E-state index is 0.215. The monoisotopic (exact) mass is 269 g/mol. The zero-order valence-electron chi connectivity index (χ0n) is 10.6. The molecule has 0 bridgehead atoms. The molecule has 2 fully saturated rings. The standard InChI is InChI=1S/C12H19N3O2S/c1-9-13-8-12(14-9)18(16,17)15-7-6-10-4-2-3-5-11(10)15/h8,10-11H,2-7H2,1H3,(H,13,14). The van der Waals surface area contributed by atoms with Crippen LogP contribution < -0.4 is 0 Å². The van der Waals surface area contributed by atoms with E-state index in [0.29, 0.717) is 18.3 Å². The predicted molar refractivity (Wildman–Crippen MR) is 67.6 cm³/mol. The van der Waals surface area contributed by atoms with Crippen molar-refractivity contribution >= 4 is 10.0 Å². The lowest BCUT2D eigenvalue weighted by molar-refractivity contribution is 0.260. The largest absolute Gasteiger partial charge is 0.332 e. The van der Waals surface area contributed by atoms with Gasteiger partial charge in [-0.15, -0.1) is 0 Å². The first kappa shape index (κ1) is 12.2. The van der Waals surface area contributed by atoms with Crippen LogP contribution in [0.15, 0.2) is 11.2 Å². The van der Waals surface area contributed by atoms with E-state index in [2.05, 4.69) is 9.97 Å². The van der Waals surface area contributed by atoms with Crippen LogP contribution in [-0.2, 0) is 10.0 Å². The van der Waals surface area contributed by atoms with E-state index in [0.717, 1.165) is 19.3 Å². The summed E-state index contributed by atoms with van der Waals surface area (Å²) in [5.41, 5.74) is 0. The SMILES string of the molecule is Cc1ncc(S(=O)(=O)N2CCC3CCCCC32)[nH]1. The Balaban J connectivity index is 1.90. The van der Waals surface area contributed by atoms with Crippen LogP contribution in [0.5, 0.6) is 0 Å². The van der Waals surface area contributed by atoms with Gasteiger partial charge in [-0.25, -0.2) is 13.4 Å². The molecule has 0 spiro atoms. The third-order valence-electron chi connectivity index (χ3n) is 4.23. The quantitative estimate of drug-likeness (QED) is 0.888. The molecule has 2 atom stereocenters. The molecule has 100 valence electrons. The molecule has 2 aliphatic rings. The molecule has 5 nitrogen and oxygen atoms in total. The van der Waals surface area contributed by atoms with Crippen molar-refractivity contribution in [3.63, 3.8) is 0 Å². The number of aromatic amines is 1. The molecule has 18 heavy (non-hydrogen) atoms. The van der Waals surface area contributed by atoms with Crippen molar-refractivity contribution in [2.75, 3.05) is 6.54 Å². The Morgan fingerprint density at radius 1 is 1.33 bits per heavy atom. The number of imidazole rings is 1. The molecule has 1 aromatic rings. The second-order valence-corrected chi connectivity index (χ2v) is 7.21. The number of aromatic nitrogens is 2. The van der Waals surface area contributed by atoms with E-state index in [1.165, 1.54) is 19.0 Å². The smallest absolute Gasteiger partial charge is 0.260 e. The minimum Gasteiger partial charge on any atom is -0.332 e. The van der Waals surface area contributed by atoms with Crippen molar-refractivity contribution in [2.24, 2.45) is 5.92 Å². The Morgan fingerprint density at radius 2 is 2.11 bits per heavy atom. The van der Waals surface area contributed by atoms with Crippen molar-refractivity contribution in [3.05, 3.63) is 12.0 Å². The fourth-order valence-corrected chi connectivity index (χ4v) is 5.01. The Labute approximate surface area is 108 Å². The Morgan fingerprint density at radius 3 is 2.83 bits per heavy atom. The van der Waals surface area contributed by atoms with E-state index in [-0.39, 0.29) is 11.1 Å². The normalized spacial score (nSPS) is 29.4. The van der Waals surface area contributed by atoms with Gasteiger partial charge in [-0.3, -0.25) is 0 Å². The van der Waals surface area contributed by atoms with Crippen LogP contribution in [0, 0.1) is 12.8 Å². The average molecular weight is 269 g/mol. The summed E-state index contributed by atoms with van der Waals surface area (Å²) < 4.78 is 26.8. The lowest BCUT2D eigenvalue weighted by atomic mass is 9.86. The summed E-state index contributed by atoms with van der Waals surface area (Å²) in [6.07, 6.45) is 7.03. The molecule has 0 amide bonds. The van der Waals surface area contributed by atoms with E-state index in [1.807, 2.05) is 0 Å². The summed E-state index contributed by atoms with van der Waals surface area (Å²) in [5.74, 6) is 1.21. The second kappa shape index (κ2) is 4.35. The van der Waals surface area contributed by atoms with Gasteiger partial charge in [-0.1, -0.05) is 12.8 Å². The van der Waals surface area contributed by atoms with Crippen molar-refractivity contribution in [1.82, 2.24) is 14.3 Å². The highest BCUT2D eigenvalue weighted by molar-refractivity contribution is 7.89. The van der Waals surface area contributed by atoms with Gasteiger partial charge in [-0.2, -0.15) is 4.31 Å². The Kier molecular flexibility index (Phi) is 2.94. The summed E-state index contributed by atoms with van der Waals surface area (Å²) in [6.45, 7) is 2.43. The van der Waals surface area contributed by atoms with Crippen molar-refractivity contribution < 1.29 is 8.42 Å². The highest BCUT2D eigenvalue weighted by Crippen LogP contribution is 2.38. The number of H-pyrrole nitrogens is 1. The lowest BCUT2D eigenvalue weighted by Gasteiger charge is -2.30. The molecule has 1 saturated heterocycles. The molecule has 0 aromatic carbocycles. The van der Waals surface area contributed by atoms with Crippen LogP contribution in [0.1, 0.15) is 37.9 Å². The number of hydrogen-bond acceptors (Lipinski definition) is 3. The fraction of sp³-hybridized carbons (Fsp3) is 0.750. The van der Waals surface area contributed by atoms with E-state index in [1.54, 1.807) is 11.2 Å². The van der Waals surface area contributed by atoms with Gasteiger partial charge < -0.3 is 4.98 Å². The first-order chi connectivity index (χ1) is 8.59. The molecule has 1 aliphatic carbocycles. The van der Waals surface area contributed by atoms with E-state index < -0.39 is 10.0 Å². The number of aryl methyl sites for hydroxylation is 1. The van der Waals surface area contributed by atoms with Gasteiger partial charge in [0.1, 0.15) is 5.82 Å². The van der Waals surface area contributed by atoms with Crippen LogP contribution in [0.4, 0.5) is 0 Å². The summed E-state index contributed by atoms with van der Waals surface area (Å²) in [5, 5.41) is 0.242. The maximum absolute atomic E-state index is 12.6. The van der Waals surface area contributed by atoms with Crippen LogP contribution in [0.2, 0.25) is 0 Å². The van der Waals surface area contributed by atoms with Crippen LogP contribution in [-0.4, -0.2) is 35.3 Å². The molecule has 1 aromatic heterocycles. The molecule has 2 heterocycles. The molecule has 3 rings (SSSR count). The minimum atomic E-state index is -3.37. The number of nitrogens with one attached hydrogen (secondary N) is 1.